The first-order valence-corrected chi connectivity index (χ1v) is 11.2. The highest BCUT2D eigenvalue weighted by Gasteiger charge is 2.22. The Kier molecular flexibility index (Phi) is 7.34. The van der Waals surface area contributed by atoms with E-state index in [1.165, 1.54) is 40.5 Å². The molecule has 29 heavy (non-hydrogen) atoms. The third kappa shape index (κ3) is 5.51. The third-order valence-electron chi connectivity index (χ3n) is 4.10. The Hall–Kier alpha value is -2.07. The van der Waals surface area contributed by atoms with Crippen molar-refractivity contribution in [3.63, 3.8) is 0 Å². The molecule has 0 atom stereocenters. The van der Waals surface area contributed by atoms with Gasteiger partial charge in [0.05, 0.1) is 15.1 Å². The van der Waals surface area contributed by atoms with Crippen molar-refractivity contribution in [1.82, 2.24) is 9.88 Å². The molecule has 1 amide bonds. The van der Waals surface area contributed by atoms with E-state index in [0.29, 0.717) is 28.4 Å². The van der Waals surface area contributed by atoms with Gasteiger partial charge in [-0.2, -0.15) is 0 Å². The van der Waals surface area contributed by atoms with E-state index in [-0.39, 0.29) is 34.6 Å². The number of likely N-dealkylation sites (N-methyl/N-ethyl adjacent to an activating group) is 1. The van der Waals surface area contributed by atoms with Gasteiger partial charge in [-0.3, -0.25) is 9.69 Å². The van der Waals surface area contributed by atoms with E-state index >= 15 is 0 Å². The molecule has 0 fully saturated rings. The van der Waals surface area contributed by atoms with Crippen LogP contribution >= 0.6 is 23.7 Å². The van der Waals surface area contributed by atoms with E-state index in [2.05, 4.69) is 4.98 Å². The van der Waals surface area contributed by atoms with E-state index < -0.39 is 9.84 Å². The van der Waals surface area contributed by atoms with Crippen molar-refractivity contribution in [2.24, 2.45) is 0 Å². The Bertz CT molecular complexity index is 1130. The van der Waals surface area contributed by atoms with Gasteiger partial charge in [-0.05, 0) is 50.5 Å². The van der Waals surface area contributed by atoms with Crippen LogP contribution in [0.4, 0.5) is 9.52 Å². The zero-order valence-electron chi connectivity index (χ0n) is 16.1. The Morgan fingerprint density at radius 3 is 2.52 bits per heavy atom. The number of rotatable bonds is 6. The average molecular weight is 458 g/mol. The summed E-state index contributed by atoms with van der Waals surface area (Å²) in [6.07, 6.45) is 1.10. The minimum absolute atomic E-state index is 0. The van der Waals surface area contributed by atoms with Crippen LogP contribution in [0.15, 0.2) is 47.4 Å². The molecule has 3 aromatic rings. The summed E-state index contributed by atoms with van der Waals surface area (Å²) in [6.45, 7) is 0.943. The molecule has 0 N–H and O–H groups in total. The smallest absolute Gasteiger partial charge is 0.260 e. The average Bonchev–Trinajstić information content (AvgIpc) is 3.03. The normalized spacial score (nSPS) is 11.5. The molecule has 3 rings (SSSR count). The first-order chi connectivity index (χ1) is 13.1. The number of aromatic nitrogens is 1. The van der Waals surface area contributed by atoms with Crippen LogP contribution in [-0.2, 0) is 9.84 Å². The molecule has 156 valence electrons. The number of carbonyl (C=O) groups is 1. The third-order valence-corrected chi connectivity index (χ3v) is 6.25. The molecular formula is C19H21ClFN3O3S2. The fourth-order valence-corrected chi connectivity index (χ4v) is 4.28. The lowest BCUT2D eigenvalue weighted by Gasteiger charge is -2.22. The molecule has 0 bridgehead atoms. The van der Waals surface area contributed by atoms with Crippen molar-refractivity contribution < 1.29 is 17.6 Å². The summed E-state index contributed by atoms with van der Waals surface area (Å²) < 4.78 is 37.8. The minimum atomic E-state index is -3.43. The lowest BCUT2D eigenvalue weighted by atomic mass is 10.2. The van der Waals surface area contributed by atoms with Crippen LogP contribution in [0.2, 0.25) is 0 Å². The summed E-state index contributed by atoms with van der Waals surface area (Å²) in [5.41, 5.74) is 0.862. The zero-order chi connectivity index (χ0) is 20.5. The number of amides is 1. The molecule has 6 nitrogen and oxygen atoms in total. The summed E-state index contributed by atoms with van der Waals surface area (Å²) in [4.78, 5) is 21.2. The lowest BCUT2D eigenvalue weighted by molar-refractivity contribution is 0.0985. The van der Waals surface area contributed by atoms with Gasteiger partial charge in [0.15, 0.2) is 15.0 Å². The van der Waals surface area contributed by atoms with Gasteiger partial charge in [0, 0.05) is 24.9 Å². The van der Waals surface area contributed by atoms with Crippen LogP contribution in [0.25, 0.3) is 10.2 Å². The summed E-state index contributed by atoms with van der Waals surface area (Å²) >= 11 is 1.22. The van der Waals surface area contributed by atoms with Crippen molar-refractivity contribution in [3.8, 4) is 0 Å². The Balaban J connectivity index is 0.00000300. The summed E-state index contributed by atoms with van der Waals surface area (Å²) in [5.74, 6) is -0.721. The fourth-order valence-electron chi connectivity index (χ4n) is 2.60. The Morgan fingerprint density at radius 2 is 1.86 bits per heavy atom. The fraction of sp³-hybridized carbons (Fsp3) is 0.263. The molecular weight excluding hydrogens is 437 g/mol. The molecule has 1 heterocycles. The number of benzene rings is 2. The van der Waals surface area contributed by atoms with Crippen LogP contribution in [0.5, 0.6) is 0 Å². The molecule has 0 aliphatic heterocycles. The van der Waals surface area contributed by atoms with Gasteiger partial charge in [0.2, 0.25) is 0 Å². The number of fused-ring (bicyclic) bond motifs is 1. The molecule has 0 saturated heterocycles. The Morgan fingerprint density at radius 1 is 1.14 bits per heavy atom. The standard InChI is InChI=1S/C19H20FN3O3S2.ClH/c1-22(2)9-10-23(19-21-16-8-7-14(20)12-17(16)27-19)18(24)13-5-4-6-15(11-13)28(3,25)26;/h4-8,11-12H,9-10H2,1-3H3;1H. The maximum atomic E-state index is 13.5. The van der Waals surface area contributed by atoms with Gasteiger partial charge in [0.25, 0.3) is 5.91 Å². The van der Waals surface area contributed by atoms with Crippen LogP contribution in [0, 0.1) is 5.82 Å². The lowest BCUT2D eigenvalue weighted by Crippen LogP contribution is -2.36. The first-order valence-electron chi connectivity index (χ1n) is 8.48. The number of nitrogens with zero attached hydrogens (tertiary/aromatic N) is 3. The number of carbonyl (C=O) groups excluding carboxylic acids is 1. The van der Waals surface area contributed by atoms with Gasteiger partial charge < -0.3 is 4.90 Å². The van der Waals surface area contributed by atoms with E-state index in [1.54, 1.807) is 18.2 Å². The summed E-state index contributed by atoms with van der Waals surface area (Å²) in [5, 5.41) is 0.442. The molecule has 0 saturated carbocycles. The largest absolute Gasteiger partial charge is 0.308 e. The van der Waals surface area contributed by atoms with Crippen LogP contribution in [0.3, 0.4) is 0 Å². The molecule has 0 aliphatic rings. The van der Waals surface area contributed by atoms with Crippen molar-refractivity contribution in [3.05, 3.63) is 53.8 Å². The van der Waals surface area contributed by atoms with Gasteiger partial charge in [0.1, 0.15) is 5.82 Å². The van der Waals surface area contributed by atoms with Crippen LogP contribution in [0.1, 0.15) is 10.4 Å². The molecule has 2 aromatic carbocycles. The molecule has 1 aromatic heterocycles. The molecule has 10 heteroatoms. The second-order valence-electron chi connectivity index (χ2n) is 6.67. The molecule has 0 unspecified atom stereocenters. The number of hydrogen-bond donors (Lipinski definition) is 0. The van der Waals surface area contributed by atoms with Crippen molar-refractivity contribution >= 4 is 54.8 Å². The van der Waals surface area contributed by atoms with E-state index in [9.17, 15) is 17.6 Å². The predicted octanol–water partition coefficient (Wildman–Crippen LogP) is 3.47. The van der Waals surface area contributed by atoms with Crippen molar-refractivity contribution in [2.75, 3.05) is 38.3 Å². The highest BCUT2D eigenvalue weighted by molar-refractivity contribution is 7.90. The second kappa shape index (κ2) is 9.17. The zero-order valence-corrected chi connectivity index (χ0v) is 18.6. The van der Waals surface area contributed by atoms with Crippen LogP contribution < -0.4 is 4.90 Å². The maximum Gasteiger partial charge on any atom is 0.260 e. The van der Waals surface area contributed by atoms with Gasteiger partial charge in [-0.25, -0.2) is 17.8 Å². The topological polar surface area (TPSA) is 70.6 Å². The second-order valence-corrected chi connectivity index (χ2v) is 9.69. The minimum Gasteiger partial charge on any atom is -0.308 e. The van der Waals surface area contributed by atoms with Crippen molar-refractivity contribution in [2.45, 2.75) is 4.90 Å². The molecule has 0 spiro atoms. The van der Waals surface area contributed by atoms with E-state index in [1.807, 2.05) is 19.0 Å². The first kappa shape index (κ1) is 23.2. The predicted molar refractivity (Wildman–Crippen MR) is 117 cm³/mol. The molecule has 0 aliphatic carbocycles. The van der Waals surface area contributed by atoms with Gasteiger partial charge in [-0.1, -0.05) is 17.4 Å². The highest BCUT2D eigenvalue weighted by Crippen LogP contribution is 2.30. The van der Waals surface area contributed by atoms with Crippen molar-refractivity contribution in [1.29, 1.82) is 0 Å². The van der Waals surface area contributed by atoms with Gasteiger partial charge in [-0.15, -0.1) is 12.4 Å². The number of sulfone groups is 1. The number of hydrogen-bond acceptors (Lipinski definition) is 6. The number of anilines is 1. The summed E-state index contributed by atoms with van der Waals surface area (Å²) in [6, 6.07) is 10.2. The van der Waals surface area contributed by atoms with Gasteiger partial charge >= 0.3 is 0 Å². The number of halogens is 2. The van der Waals surface area contributed by atoms with E-state index in [4.69, 9.17) is 0 Å². The summed E-state index contributed by atoms with van der Waals surface area (Å²) in [7, 11) is 0.345. The SMILES string of the molecule is CN(C)CCN(C(=O)c1cccc(S(C)(=O)=O)c1)c1nc2ccc(F)cc2s1.Cl. The number of thiazole rings is 1. The maximum absolute atomic E-state index is 13.5. The quantitative estimate of drug-likeness (QED) is 0.566. The van der Waals surface area contributed by atoms with E-state index in [0.717, 1.165) is 6.26 Å². The molecule has 0 radical (unpaired) electrons. The Labute approximate surface area is 179 Å². The highest BCUT2D eigenvalue weighted by atomic mass is 35.5. The van der Waals surface area contributed by atoms with Crippen LogP contribution in [-0.4, -0.2) is 57.6 Å². The monoisotopic (exact) mass is 457 g/mol.